The quantitative estimate of drug-likeness (QED) is 0.896. The highest BCUT2D eigenvalue weighted by atomic mass is 32.1. The van der Waals surface area contributed by atoms with E-state index < -0.39 is 0 Å². The molecule has 4 heteroatoms. The van der Waals surface area contributed by atoms with Crippen LogP contribution in [0.25, 0.3) is 0 Å². The van der Waals surface area contributed by atoms with E-state index in [0.29, 0.717) is 12.0 Å². The van der Waals surface area contributed by atoms with E-state index in [9.17, 15) is 5.11 Å². The van der Waals surface area contributed by atoms with Gasteiger partial charge in [0.05, 0.1) is 17.3 Å². The standard InChI is InChI=1S/C13H20N2OS/c16-13-5-1-3-11(13)12-4-2-6-15(12)7-10-8-17-9-14-10/h8-9,11-13,16H,1-7H2. The summed E-state index contributed by atoms with van der Waals surface area (Å²) < 4.78 is 0. The van der Waals surface area contributed by atoms with Crippen molar-refractivity contribution in [2.75, 3.05) is 6.54 Å². The lowest BCUT2D eigenvalue weighted by Crippen LogP contribution is -2.38. The molecule has 2 heterocycles. The second-order valence-corrected chi connectivity index (χ2v) is 6.04. The number of aliphatic hydroxyl groups is 1. The lowest BCUT2D eigenvalue weighted by atomic mass is 9.94. The Morgan fingerprint density at radius 2 is 2.29 bits per heavy atom. The first-order chi connectivity index (χ1) is 8.34. The minimum Gasteiger partial charge on any atom is -0.393 e. The Hall–Kier alpha value is -0.450. The Kier molecular flexibility index (Phi) is 3.45. The summed E-state index contributed by atoms with van der Waals surface area (Å²) in [6, 6.07) is 0.592. The van der Waals surface area contributed by atoms with Crippen molar-refractivity contribution in [1.29, 1.82) is 0 Å². The molecule has 0 spiro atoms. The van der Waals surface area contributed by atoms with Crippen LogP contribution in [0.5, 0.6) is 0 Å². The van der Waals surface area contributed by atoms with E-state index in [2.05, 4.69) is 15.3 Å². The van der Waals surface area contributed by atoms with Gasteiger partial charge in [0.2, 0.25) is 0 Å². The van der Waals surface area contributed by atoms with E-state index in [1.165, 1.54) is 37.9 Å². The fourth-order valence-corrected chi connectivity index (χ4v) is 4.02. The zero-order valence-electron chi connectivity index (χ0n) is 10.1. The van der Waals surface area contributed by atoms with Crippen molar-refractivity contribution in [1.82, 2.24) is 9.88 Å². The molecule has 3 atom stereocenters. The SMILES string of the molecule is OC1CCCC1C1CCCN1Cc1cscn1. The van der Waals surface area contributed by atoms with Crippen LogP contribution in [0.15, 0.2) is 10.9 Å². The number of aromatic nitrogens is 1. The third-order valence-corrected chi connectivity index (χ3v) is 4.92. The molecule has 3 nitrogen and oxygen atoms in total. The summed E-state index contributed by atoms with van der Waals surface area (Å²) in [7, 11) is 0. The fraction of sp³-hybridized carbons (Fsp3) is 0.769. The molecule has 1 aliphatic carbocycles. The lowest BCUT2D eigenvalue weighted by molar-refractivity contribution is 0.0715. The van der Waals surface area contributed by atoms with Gasteiger partial charge in [-0.1, -0.05) is 6.42 Å². The molecule has 1 aliphatic heterocycles. The number of rotatable bonds is 3. The smallest absolute Gasteiger partial charge is 0.0795 e. The van der Waals surface area contributed by atoms with E-state index in [-0.39, 0.29) is 6.10 Å². The first kappa shape index (κ1) is 11.6. The van der Waals surface area contributed by atoms with Crippen molar-refractivity contribution in [3.05, 3.63) is 16.6 Å². The van der Waals surface area contributed by atoms with E-state index in [0.717, 1.165) is 13.0 Å². The molecule has 0 aromatic carbocycles. The highest BCUT2D eigenvalue weighted by Crippen LogP contribution is 2.36. The van der Waals surface area contributed by atoms with Crippen LogP contribution < -0.4 is 0 Å². The van der Waals surface area contributed by atoms with Gasteiger partial charge in [-0.15, -0.1) is 11.3 Å². The molecule has 0 radical (unpaired) electrons. The van der Waals surface area contributed by atoms with Crippen molar-refractivity contribution < 1.29 is 5.11 Å². The van der Waals surface area contributed by atoms with Crippen LogP contribution in [0.1, 0.15) is 37.8 Å². The van der Waals surface area contributed by atoms with Gasteiger partial charge < -0.3 is 5.11 Å². The largest absolute Gasteiger partial charge is 0.393 e. The van der Waals surface area contributed by atoms with Crippen LogP contribution >= 0.6 is 11.3 Å². The van der Waals surface area contributed by atoms with Gasteiger partial charge in [0, 0.05) is 23.9 Å². The minimum absolute atomic E-state index is 0.0592. The average molecular weight is 252 g/mol. The summed E-state index contributed by atoms with van der Waals surface area (Å²) in [6.07, 6.45) is 5.89. The molecular weight excluding hydrogens is 232 g/mol. The Balaban J connectivity index is 1.67. The van der Waals surface area contributed by atoms with Gasteiger partial charge in [-0.25, -0.2) is 4.98 Å². The molecular formula is C13H20N2OS. The van der Waals surface area contributed by atoms with E-state index in [4.69, 9.17) is 0 Å². The molecule has 17 heavy (non-hydrogen) atoms. The topological polar surface area (TPSA) is 36.4 Å². The molecule has 1 N–H and O–H groups in total. The van der Waals surface area contributed by atoms with Crippen molar-refractivity contribution in [2.45, 2.75) is 50.8 Å². The summed E-state index contributed by atoms with van der Waals surface area (Å²) in [4.78, 5) is 6.91. The molecule has 94 valence electrons. The van der Waals surface area contributed by atoms with E-state index in [1.807, 2.05) is 5.51 Å². The van der Waals surface area contributed by atoms with Gasteiger partial charge in [0.15, 0.2) is 0 Å². The summed E-state index contributed by atoms with van der Waals surface area (Å²) in [5, 5.41) is 12.2. The second kappa shape index (κ2) is 5.04. The molecule has 1 saturated heterocycles. The number of thiazole rings is 1. The van der Waals surface area contributed by atoms with Crippen molar-refractivity contribution in [3.8, 4) is 0 Å². The third kappa shape index (κ3) is 2.39. The monoisotopic (exact) mass is 252 g/mol. The lowest BCUT2D eigenvalue weighted by Gasteiger charge is -2.30. The van der Waals surface area contributed by atoms with Crippen LogP contribution in [-0.4, -0.2) is 33.7 Å². The summed E-state index contributed by atoms with van der Waals surface area (Å²) in [5.41, 5.74) is 3.10. The van der Waals surface area contributed by atoms with Gasteiger partial charge in [0.25, 0.3) is 0 Å². The molecule has 1 aromatic rings. The van der Waals surface area contributed by atoms with Crippen LogP contribution in [0.3, 0.4) is 0 Å². The minimum atomic E-state index is -0.0592. The Bertz CT molecular complexity index is 354. The maximum atomic E-state index is 10.1. The number of aliphatic hydroxyl groups excluding tert-OH is 1. The van der Waals surface area contributed by atoms with Gasteiger partial charge in [-0.05, 0) is 32.2 Å². The molecule has 1 aromatic heterocycles. The molecule has 0 amide bonds. The fourth-order valence-electron chi connectivity index (χ4n) is 3.47. The highest BCUT2D eigenvalue weighted by molar-refractivity contribution is 7.07. The second-order valence-electron chi connectivity index (χ2n) is 5.32. The van der Waals surface area contributed by atoms with Gasteiger partial charge in [0.1, 0.15) is 0 Å². The van der Waals surface area contributed by atoms with Crippen molar-refractivity contribution in [2.24, 2.45) is 5.92 Å². The highest BCUT2D eigenvalue weighted by Gasteiger charge is 2.38. The molecule has 0 bridgehead atoms. The number of hydrogen-bond acceptors (Lipinski definition) is 4. The Morgan fingerprint density at radius 1 is 1.35 bits per heavy atom. The molecule has 2 aliphatic rings. The van der Waals surface area contributed by atoms with Gasteiger partial charge >= 0.3 is 0 Å². The number of nitrogens with zero attached hydrogens (tertiary/aromatic N) is 2. The summed E-state index contributed by atoms with van der Waals surface area (Å²) in [5.74, 6) is 0.510. The van der Waals surface area contributed by atoms with Crippen LogP contribution in [0.2, 0.25) is 0 Å². The maximum Gasteiger partial charge on any atom is 0.0795 e. The van der Waals surface area contributed by atoms with Crippen molar-refractivity contribution >= 4 is 11.3 Å². The van der Waals surface area contributed by atoms with Crippen LogP contribution in [0, 0.1) is 5.92 Å². The molecule has 2 fully saturated rings. The van der Waals surface area contributed by atoms with Crippen LogP contribution in [0.4, 0.5) is 0 Å². The van der Waals surface area contributed by atoms with Crippen LogP contribution in [-0.2, 0) is 6.54 Å². The summed E-state index contributed by atoms with van der Waals surface area (Å²) >= 11 is 1.67. The Labute approximate surface area is 106 Å². The predicted octanol–water partition coefficient (Wildman–Crippen LogP) is 2.27. The maximum absolute atomic E-state index is 10.1. The Morgan fingerprint density at radius 3 is 3.00 bits per heavy atom. The predicted molar refractivity (Wildman–Crippen MR) is 68.9 cm³/mol. The first-order valence-electron chi connectivity index (χ1n) is 6.64. The van der Waals surface area contributed by atoms with Gasteiger partial charge in [-0.2, -0.15) is 0 Å². The molecule has 1 saturated carbocycles. The number of hydrogen-bond donors (Lipinski definition) is 1. The number of likely N-dealkylation sites (tertiary alicyclic amines) is 1. The zero-order chi connectivity index (χ0) is 11.7. The third-order valence-electron chi connectivity index (χ3n) is 4.29. The zero-order valence-corrected chi connectivity index (χ0v) is 10.9. The summed E-state index contributed by atoms with van der Waals surface area (Å²) in [6.45, 7) is 2.14. The first-order valence-corrected chi connectivity index (χ1v) is 7.58. The normalized spacial score (nSPS) is 34.5. The average Bonchev–Trinajstić information content (AvgIpc) is 3.00. The molecule has 3 rings (SSSR count). The van der Waals surface area contributed by atoms with E-state index >= 15 is 0 Å². The van der Waals surface area contributed by atoms with Crippen molar-refractivity contribution in [3.63, 3.8) is 0 Å². The van der Waals surface area contributed by atoms with E-state index in [1.54, 1.807) is 11.3 Å². The molecule has 3 unspecified atom stereocenters. The van der Waals surface area contributed by atoms with Gasteiger partial charge in [-0.3, -0.25) is 4.90 Å².